The molecule has 2 N–H and O–H groups in total. The molecule has 4 nitrogen and oxygen atoms in total. The number of hydrogen-bond donors (Lipinski definition) is 2. The van der Waals surface area contributed by atoms with Gasteiger partial charge in [-0.15, -0.1) is 0 Å². The highest BCUT2D eigenvalue weighted by atomic mass is 79.9. The first-order chi connectivity index (χ1) is 8.46. The van der Waals surface area contributed by atoms with Crippen LogP contribution in [0, 0.1) is 5.82 Å². The second-order valence-electron chi connectivity index (χ2n) is 4.28. The second kappa shape index (κ2) is 5.54. The average molecular weight is 337 g/mol. The zero-order valence-electron chi connectivity index (χ0n) is 9.62. The lowest BCUT2D eigenvalue weighted by Gasteiger charge is -2.09. The van der Waals surface area contributed by atoms with Crippen molar-refractivity contribution in [1.29, 1.82) is 0 Å². The summed E-state index contributed by atoms with van der Waals surface area (Å²) in [4.78, 5) is 0. The fourth-order valence-electron chi connectivity index (χ4n) is 1.48. The Morgan fingerprint density at radius 2 is 2.11 bits per heavy atom. The van der Waals surface area contributed by atoms with Crippen LogP contribution in [-0.2, 0) is 10.0 Å². The van der Waals surface area contributed by atoms with E-state index in [0.717, 1.165) is 18.9 Å². The van der Waals surface area contributed by atoms with Crippen molar-refractivity contribution in [1.82, 2.24) is 5.32 Å². The molecular weight excluding hydrogens is 323 g/mol. The molecule has 7 heteroatoms. The molecule has 1 saturated carbocycles. The number of nitrogens with one attached hydrogen (secondary N) is 2. The molecule has 1 fully saturated rings. The molecule has 0 aliphatic heterocycles. The highest BCUT2D eigenvalue weighted by molar-refractivity contribution is 9.10. The summed E-state index contributed by atoms with van der Waals surface area (Å²) in [5, 5.41) is 3.12. The first kappa shape index (κ1) is 13.8. The Bertz CT molecular complexity index is 532. The van der Waals surface area contributed by atoms with Gasteiger partial charge in [-0.05, 0) is 47.0 Å². The van der Waals surface area contributed by atoms with E-state index in [1.54, 1.807) is 0 Å². The minimum atomic E-state index is -3.43. The Morgan fingerprint density at radius 3 is 2.72 bits per heavy atom. The Morgan fingerprint density at radius 1 is 1.39 bits per heavy atom. The summed E-state index contributed by atoms with van der Waals surface area (Å²) in [6, 6.07) is 4.61. The molecule has 0 radical (unpaired) electrons. The average Bonchev–Trinajstić information content (AvgIpc) is 3.07. The summed E-state index contributed by atoms with van der Waals surface area (Å²) >= 11 is 3.01. The minimum Gasteiger partial charge on any atom is -0.313 e. The van der Waals surface area contributed by atoms with Crippen molar-refractivity contribution in [3.63, 3.8) is 0 Å². The number of sulfonamides is 1. The Labute approximate surface area is 114 Å². The quantitative estimate of drug-likeness (QED) is 0.836. The fraction of sp³-hybridized carbons (Fsp3) is 0.455. The summed E-state index contributed by atoms with van der Waals surface area (Å²) in [6.07, 6.45) is 2.23. The van der Waals surface area contributed by atoms with Gasteiger partial charge in [-0.2, -0.15) is 0 Å². The van der Waals surface area contributed by atoms with Crippen molar-refractivity contribution in [3.8, 4) is 0 Å². The Balaban J connectivity index is 1.91. The standard InChI is InChI=1S/C11H14BrFN2O2S/c12-10-4-3-9(7-11(10)13)15-18(16,17)6-5-14-8-1-2-8/h3-4,7-8,14-15H,1-2,5-6H2. The molecule has 1 aliphatic carbocycles. The topological polar surface area (TPSA) is 58.2 Å². The zero-order valence-corrected chi connectivity index (χ0v) is 12.0. The maximum Gasteiger partial charge on any atom is 0.233 e. The van der Waals surface area contributed by atoms with E-state index in [1.807, 2.05) is 0 Å². The molecule has 0 aromatic heterocycles. The van der Waals surface area contributed by atoms with Crippen molar-refractivity contribution < 1.29 is 12.8 Å². The predicted molar refractivity (Wildman–Crippen MR) is 72.5 cm³/mol. The molecule has 18 heavy (non-hydrogen) atoms. The predicted octanol–water partition coefficient (Wildman–Crippen LogP) is 2.08. The molecule has 1 aromatic carbocycles. The van der Waals surface area contributed by atoms with E-state index in [0.29, 0.717) is 17.1 Å². The van der Waals surface area contributed by atoms with E-state index in [2.05, 4.69) is 26.0 Å². The maximum atomic E-state index is 13.2. The largest absolute Gasteiger partial charge is 0.313 e. The van der Waals surface area contributed by atoms with Crippen molar-refractivity contribution >= 4 is 31.6 Å². The van der Waals surface area contributed by atoms with Gasteiger partial charge in [-0.3, -0.25) is 4.72 Å². The molecule has 0 atom stereocenters. The molecule has 0 saturated heterocycles. The number of halogens is 2. The van der Waals surface area contributed by atoms with Gasteiger partial charge in [0.25, 0.3) is 0 Å². The van der Waals surface area contributed by atoms with Gasteiger partial charge in [0.1, 0.15) is 5.82 Å². The summed E-state index contributed by atoms with van der Waals surface area (Å²) < 4.78 is 39.3. The van der Waals surface area contributed by atoms with Crippen LogP contribution in [0.15, 0.2) is 22.7 Å². The third-order valence-corrected chi connectivity index (χ3v) is 4.51. The van der Waals surface area contributed by atoms with E-state index in [1.165, 1.54) is 12.1 Å². The smallest absolute Gasteiger partial charge is 0.233 e. The molecule has 2 rings (SSSR count). The molecule has 100 valence electrons. The normalized spacial score (nSPS) is 15.7. The molecule has 0 amide bonds. The van der Waals surface area contributed by atoms with Crippen molar-refractivity contribution in [2.45, 2.75) is 18.9 Å². The molecule has 0 unspecified atom stereocenters. The summed E-state index contributed by atoms with van der Waals surface area (Å²) in [5.74, 6) is -0.507. The number of rotatable bonds is 6. The highest BCUT2D eigenvalue weighted by Gasteiger charge is 2.21. The lowest BCUT2D eigenvalue weighted by molar-refractivity contribution is 0.595. The number of anilines is 1. The van der Waals surface area contributed by atoms with Gasteiger partial charge in [0.2, 0.25) is 10.0 Å². The molecule has 0 heterocycles. The van der Waals surface area contributed by atoms with E-state index >= 15 is 0 Å². The van der Waals surface area contributed by atoms with Crippen molar-refractivity contribution in [3.05, 3.63) is 28.5 Å². The van der Waals surface area contributed by atoms with Crippen LogP contribution in [-0.4, -0.2) is 26.8 Å². The van der Waals surface area contributed by atoms with Crippen molar-refractivity contribution in [2.24, 2.45) is 0 Å². The molecule has 0 bridgehead atoms. The fourth-order valence-corrected chi connectivity index (χ4v) is 2.70. The van der Waals surface area contributed by atoms with Crippen LogP contribution in [0.1, 0.15) is 12.8 Å². The van der Waals surface area contributed by atoms with Gasteiger partial charge in [-0.25, -0.2) is 12.8 Å². The monoisotopic (exact) mass is 336 g/mol. The molecule has 1 aliphatic rings. The zero-order chi connectivity index (χ0) is 13.2. The van der Waals surface area contributed by atoms with Gasteiger partial charge in [-0.1, -0.05) is 0 Å². The number of hydrogen-bond acceptors (Lipinski definition) is 3. The Hall–Kier alpha value is -0.660. The van der Waals surface area contributed by atoms with Gasteiger partial charge < -0.3 is 5.32 Å². The molecule has 1 aromatic rings. The highest BCUT2D eigenvalue weighted by Crippen LogP contribution is 2.20. The van der Waals surface area contributed by atoms with E-state index in [-0.39, 0.29) is 11.4 Å². The van der Waals surface area contributed by atoms with Crippen LogP contribution in [0.2, 0.25) is 0 Å². The van der Waals surface area contributed by atoms with E-state index in [4.69, 9.17) is 0 Å². The van der Waals surface area contributed by atoms with Crippen LogP contribution in [0.5, 0.6) is 0 Å². The van der Waals surface area contributed by atoms with Crippen LogP contribution >= 0.6 is 15.9 Å². The number of benzene rings is 1. The lowest BCUT2D eigenvalue weighted by Crippen LogP contribution is -2.28. The van der Waals surface area contributed by atoms with E-state index in [9.17, 15) is 12.8 Å². The van der Waals surface area contributed by atoms with Crippen LogP contribution in [0.3, 0.4) is 0 Å². The summed E-state index contributed by atoms with van der Waals surface area (Å²) in [6.45, 7) is 0.416. The summed E-state index contributed by atoms with van der Waals surface area (Å²) in [7, 11) is -3.43. The van der Waals surface area contributed by atoms with Gasteiger partial charge >= 0.3 is 0 Å². The Kier molecular flexibility index (Phi) is 4.24. The van der Waals surface area contributed by atoms with E-state index < -0.39 is 15.8 Å². The lowest BCUT2D eigenvalue weighted by atomic mass is 10.3. The van der Waals surface area contributed by atoms with Crippen LogP contribution in [0.4, 0.5) is 10.1 Å². The molecule has 0 spiro atoms. The SMILES string of the molecule is O=S(=O)(CCNC1CC1)Nc1ccc(Br)c(F)c1. The first-order valence-corrected chi connectivity index (χ1v) is 8.10. The maximum absolute atomic E-state index is 13.2. The first-order valence-electron chi connectivity index (χ1n) is 5.65. The van der Waals surface area contributed by atoms with Crippen LogP contribution < -0.4 is 10.0 Å². The van der Waals surface area contributed by atoms with Crippen LogP contribution in [0.25, 0.3) is 0 Å². The van der Waals surface area contributed by atoms with Crippen molar-refractivity contribution in [2.75, 3.05) is 17.0 Å². The summed E-state index contributed by atoms with van der Waals surface area (Å²) in [5.41, 5.74) is 0.238. The molecular formula is C11H14BrFN2O2S. The van der Waals surface area contributed by atoms with Gasteiger partial charge in [0.15, 0.2) is 0 Å². The van der Waals surface area contributed by atoms with Gasteiger partial charge in [0.05, 0.1) is 15.9 Å². The van der Waals surface area contributed by atoms with Gasteiger partial charge in [0, 0.05) is 12.6 Å². The third kappa shape index (κ3) is 4.22. The minimum absolute atomic E-state index is 0.0127. The third-order valence-electron chi connectivity index (χ3n) is 2.57. The second-order valence-corrected chi connectivity index (χ2v) is 6.97.